The summed E-state index contributed by atoms with van der Waals surface area (Å²) in [6.07, 6.45) is 3.22. The Labute approximate surface area is 115 Å². The van der Waals surface area contributed by atoms with Gasteiger partial charge in [0.1, 0.15) is 0 Å². The van der Waals surface area contributed by atoms with Crippen LogP contribution in [-0.2, 0) is 9.53 Å². The van der Waals surface area contributed by atoms with Crippen LogP contribution in [0.2, 0.25) is 0 Å². The third-order valence-corrected chi connectivity index (χ3v) is 4.41. The van der Waals surface area contributed by atoms with E-state index in [1.165, 1.54) is 0 Å². The number of piperidine rings is 1. The highest BCUT2D eigenvalue weighted by Crippen LogP contribution is 2.24. The summed E-state index contributed by atoms with van der Waals surface area (Å²) in [5, 5.41) is 13.8. The third-order valence-electron chi connectivity index (χ3n) is 4.41. The molecule has 5 nitrogen and oxygen atoms in total. The standard InChI is InChI=1S/C14H26N2O3/c1-11-12(4-3-7-15-11)13(17)16(2)10-14(18)5-8-19-9-6-14/h11-12,15,18H,3-10H2,1-2H3. The highest BCUT2D eigenvalue weighted by molar-refractivity contribution is 5.79. The number of carbonyl (C=O) groups is 1. The fraction of sp³-hybridized carbons (Fsp3) is 0.929. The van der Waals surface area contributed by atoms with E-state index in [1.807, 2.05) is 0 Å². The van der Waals surface area contributed by atoms with Crippen LogP contribution in [0, 0.1) is 5.92 Å². The first-order valence-corrected chi connectivity index (χ1v) is 7.30. The Morgan fingerprint density at radius 1 is 1.47 bits per heavy atom. The molecule has 0 saturated carbocycles. The minimum Gasteiger partial charge on any atom is -0.388 e. The number of ether oxygens (including phenoxy) is 1. The van der Waals surface area contributed by atoms with Crippen molar-refractivity contribution in [2.75, 3.05) is 33.4 Å². The van der Waals surface area contributed by atoms with Gasteiger partial charge in [0, 0.05) is 45.7 Å². The van der Waals surface area contributed by atoms with Crippen LogP contribution in [-0.4, -0.2) is 60.9 Å². The zero-order valence-corrected chi connectivity index (χ0v) is 12.0. The molecule has 2 fully saturated rings. The molecule has 2 aliphatic rings. The average molecular weight is 270 g/mol. The van der Waals surface area contributed by atoms with E-state index >= 15 is 0 Å². The molecule has 2 aliphatic heterocycles. The Balaban J connectivity index is 1.91. The fourth-order valence-electron chi connectivity index (χ4n) is 3.09. The van der Waals surface area contributed by atoms with Crippen molar-refractivity contribution in [1.82, 2.24) is 10.2 Å². The van der Waals surface area contributed by atoms with Crippen LogP contribution in [0.5, 0.6) is 0 Å². The van der Waals surface area contributed by atoms with Crippen LogP contribution < -0.4 is 5.32 Å². The van der Waals surface area contributed by atoms with E-state index < -0.39 is 5.60 Å². The minimum atomic E-state index is -0.770. The lowest BCUT2D eigenvalue weighted by atomic mass is 9.89. The maximum absolute atomic E-state index is 12.5. The molecule has 2 heterocycles. The Morgan fingerprint density at radius 3 is 2.79 bits per heavy atom. The summed E-state index contributed by atoms with van der Waals surface area (Å²) in [6.45, 7) is 4.65. The van der Waals surface area contributed by atoms with Gasteiger partial charge in [0.05, 0.1) is 11.5 Å². The molecule has 0 aliphatic carbocycles. The smallest absolute Gasteiger partial charge is 0.227 e. The molecule has 2 unspecified atom stereocenters. The normalized spacial score (nSPS) is 30.9. The number of nitrogens with zero attached hydrogens (tertiary/aromatic N) is 1. The first-order valence-electron chi connectivity index (χ1n) is 7.30. The molecular weight excluding hydrogens is 244 g/mol. The van der Waals surface area contributed by atoms with Crippen LogP contribution in [0.3, 0.4) is 0 Å². The number of rotatable bonds is 3. The van der Waals surface area contributed by atoms with Crippen LogP contribution in [0.15, 0.2) is 0 Å². The van der Waals surface area contributed by atoms with E-state index in [9.17, 15) is 9.90 Å². The molecule has 0 aromatic rings. The summed E-state index contributed by atoms with van der Waals surface area (Å²) in [5.74, 6) is 0.196. The van der Waals surface area contributed by atoms with Gasteiger partial charge in [-0.1, -0.05) is 0 Å². The van der Waals surface area contributed by atoms with E-state index in [4.69, 9.17) is 4.74 Å². The lowest BCUT2D eigenvalue weighted by Gasteiger charge is -2.38. The van der Waals surface area contributed by atoms with Gasteiger partial charge in [0.25, 0.3) is 0 Å². The topological polar surface area (TPSA) is 61.8 Å². The van der Waals surface area contributed by atoms with Crippen molar-refractivity contribution >= 4 is 5.91 Å². The van der Waals surface area contributed by atoms with Crippen LogP contribution in [0.1, 0.15) is 32.6 Å². The van der Waals surface area contributed by atoms with Crippen molar-refractivity contribution in [3.05, 3.63) is 0 Å². The number of amides is 1. The molecule has 0 radical (unpaired) electrons. The third kappa shape index (κ3) is 3.68. The van der Waals surface area contributed by atoms with Gasteiger partial charge in [-0.15, -0.1) is 0 Å². The monoisotopic (exact) mass is 270 g/mol. The highest BCUT2D eigenvalue weighted by Gasteiger charge is 2.35. The molecule has 2 N–H and O–H groups in total. The second-order valence-electron chi connectivity index (χ2n) is 6.02. The van der Waals surface area contributed by atoms with Crippen molar-refractivity contribution < 1.29 is 14.6 Å². The van der Waals surface area contributed by atoms with Crippen molar-refractivity contribution in [2.45, 2.75) is 44.2 Å². The molecule has 19 heavy (non-hydrogen) atoms. The predicted octanol–water partition coefficient (Wildman–Crippen LogP) is 0.374. The van der Waals surface area contributed by atoms with Gasteiger partial charge in [-0.3, -0.25) is 4.79 Å². The van der Waals surface area contributed by atoms with Crippen molar-refractivity contribution in [1.29, 1.82) is 0 Å². The Kier molecular flexibility index (Phi) is 4.81. The largest absolute Gasteiger partial charge is 0.388 e. The summed E-state index contributed by atoms with van der Waals surface area (Å²) < 4.78 is 5.27. The number of likely N-dealkylation sites (N-methyl/N-ethyl adjacent to an activating group) is 1. The van der Waals surface area contributed by atoms with E-state index in [-0.39, 0.29) is 17.9 Å². The van der Waals surface area contributed by atoms with E-state index in [0.717, 1.165) is 19.4 Å². The molecule has 0 aromatic carbocycles. The molecule has 1 amide bonds. The van der Waals surface area contributed by atoms with Gasteiger partial charge in [0.15, 0.2) is 0 Å². The van der Waals surface area contributed by atoms with Gasteiger partial charge < -0.3 is 20.1 Å². The second-order valence-corrected chi connectivity index (χ2v) is 6.02. The Hall–Kier alpha value is -0.650. The van der Waals surface area contributed by atoms with E-state index in [1.54, 1.807) is 11.9 Å². The van der Waals surface area contributed by atoms with Crippen molar-refractivity contribution in [2.24, 2.45) is 5.92 Å². The molecule has 2 atom stereocenters. The minimum absolute atomic E-state index is 0.0437. The maximum atomic E-state index is 12.5. The number of carbonyl (C=O) groups excluding carboxylic acids is 1. The SMILES string of the molecule is CC1NCCCC1C(=O)N(C)CC1(O)CCOCC1. The quantitative estimate of drug-likeness (QED) is 0.778. The van der Waals surface area contributed by atoms with Gasteiger partial charge in [0.2, 0.25) is 5.91 Å². The summed E-state index contributed by atoms with van der Waals surface area (Å²) in [6, 6.07) is 0.230. The van der Waals surface area contributed by atoms with Gasteiger partial charge in [-0.25, -0.2) is 0 Å². The molecule has 5 heteroatoms. The average Bonchev–Trinajstić information content (AvgIpc) is 2.39. The summed E-state index contributed by atoms with van der Waals surface area (Å²) in [4.78, 5) is 14.2. The number of nitrogens with one attached hydrogen (secondary N) is 1. The summed E-state index contributed by atoms with van der Waals surface area (Å²) >= 11 is 0. The van der Waals surface area contributed by atoms with Crippen LogP contribution in [0.4, 0.5) is 0 Å². The Bertz CT molecular complexity index is 316. The van der Waals surface area contributed by atoms with Crippen LogP contribution >= 0.6 is 0 Å². The van der Waals surface area contributed by atoms with Gasteiger partial charge in [-0.05, 0) is 26.3 Å². The number of hydrogen-bond donors (Lipinski definition) is 2. The maximum Gasteiger partial charge on any atom is 0.227 e. The number of aliphatic hydroxyl groups is 1. The first kappa shape index (κ1) is 14.8. The fourth-order valence-corrected chi connectivity index (χ4v) is 3.09. The second kappa shape index (κ2) is 6.20. The van der Waals surface area contributed by atoms with Gasteiger partial charge in [-0.2, -0.15) is 0 Å². The van der Waals surface area contributed by atoms with Crippen molar-refractivity contribution in [3.63, 3.8) is 0 Å². The number of hydrogen-bond acceptors (Lipinski definition) is 4. The molecule has 0 spiro atoms. The molecular formula is C14H26N2O3. The molecule has 0 bridgehead atoms. The van der Waals surface area contributed by atoms with Gasteiger partial charge >= 0.3 is 0 Å². The first-order chi connectivity index (χ1) is 9.02. The van der Waals surface area contributed by atoms with E-state index in [0.29, 0.717) is 32.6 Å². The Morgan fingerprint density at radius 2 is 2.16 bits per heavy atom. The summed E-state index contributed by atoms with van der Waals surface area (Å²) in [5.41, 5.74) is -0.770. The lowest BCUT2D eigenvalue weighted by molar-refractivity contribution is -0.142. The lowest BCUT2D eigenvalue weighted by Crippen LogP contribution is -2.52. The molecule has 2 rings (SSSR count). The highest BCUT2D eigenvalue weighted by atomic mass is 16.5. The molecule has 110 valence electrons. The molecule has 2 saturated heterocycles. The van der Waals surface area contributed by atoms with E-state index in [2.05, 4.69) is 12.2 Å². The molecule has 0 aromatic heterocycles. The van der Waals surface area contributed by atoms with Crippen molar-refractivity contribution in [3.8, 4) is 0 Å². The predicted molar refractivity (Wildman–Crippen MR) is 72.8 cm³/mol. The zero-order chi connectivity index (χ0) is 13.9. The van der Waals surface area contributed by atoms with Crippen LogP contribution in [0.25, 0.3) is 0 Å². The summed E-state index contributed by atoms with van der Waals surface area (Å²) in [7, 11) is 1.80. The zero-order valence-electron chi connectivity index (χ0n) is 12.0.